The average molecular weight is 215 g/mol. The van der Waals surface area contributed by atoms with E-state index in [-0.39, 0.29) is 0 Å². The van der Waals surface area contributed by atoms with E-state index in [1.165, 1.54) is 12.8 Å². The lowest BCUT2D eigenvalue weighted by molar-refractivity contribution is 0.0117. The van der Waals surface area contributed by atoms with Gasteiger partial charge in [-0.1, -0.05) is 13.3 Å². The zero-order chi connectivity index (χ0) is 10.9. The highest BCUT2D eigenvalue weighted by atomic mass is 16.5. The summed E-state index contributed by atoms with van der Waals surface area (Å²) < 4.78 is 11.0. The lowest BCUT2D eigenvalue weighted by Crippen LogP contribution is -2.39. The Kier molecular flexibility index (Phi) is 6.98. The maximum absolute atomic E-state index is 5.50. The molecule has 90 valence electrons. The van der Waals surface area contributed by atoms with Crippen molar-refractivity contribution in [2.75, 3.05) is 26.4 Å². The zero-order valence-corrected chi connectivity index (χ0v) is 10.1. The van der Waals surface area contributed by atoms with Crippen molar-refractivity contribution >= 4 is 0 Å². The summed E-state index contributed by atoms with van der Waals surface area (Å²) in [6, 6.07) is 0.628. The van der Waals surface area contributed by atoms with E-state index in [0.717, 1.165) is 39.2 Å². The Morgan fingerprint density at radius 3 is 3.00 bits per heavy atom. The normalized spacial score (nSPS) is 26.8. The first-order valence-electron chi connectivity index (χ1n) is 6.25. The van der Waals surface area contributed by atoms with Crippen LogP contribution in [-0.4, -0.2) is 38.5 Å². The van der Waals surface area contributed by atoms with Gasteiger partial charge in [0.05, 0.1) is 12.7 Å². The van der Waals surface area contributed by atoms with Crippen LogP contribution in [0.3, 0.4) is 0 Å². The molecule has 1 aliphatic heterocycles. The van der Waals surface area contributed by atoms with Crippen molar-refractivity contribution in [1.82, 2.24) is 5.32 Å². The summed E-state index contributed by atoms with van der Waals surface area (Å²) >= 11 is 0. The first kappa shape index (κ1) is 12.9. The fourth-order valence-corrected chi connectivity index (χ4v) is 1.87. The fraction of sp³-hybridized carbons (Fsp3) is 1.00. The minimum atomic E-state index is 0.414. The molecule has 0 aromatic heterocycles. The summed E-state index contributed by atoms with van der Waals surface area (Å²) in [5.41, 5.74) is 0. The first-order valence-corrected chi connectivity index (χ1v) is 6.25. The van der Waals surface area contributed by atoms with Crippen LogP contribution in [0, 0.1) is 0 Å². The van der Waals surface area contributed by atoms with Crippen molar-refractivity contribution in [3.63, 3.8) is 0 Å². The smallest absolute Gasteiger partial charge is 0.0591 e. The second-order valence-electron chi connectivity index (χ2n) is 4.32. The summed E-state index contributed by atoms with van der Waals surface area (Å²) in [5.74, 6) is 0. The van der Waals surface area contributed by atoms with Gasteiger partial charge in [0.1, 0.15) is 0 Å². The van der Waals surface area contributed by atoms with Crippen LogP contribution in [0.2, 0.25) is 0 Å². The Labute approximate surface area is 93.5 Å². The second-order valence-corrected chi connectivity index (χ2v) is 4.32. The summed E-state index contributed by atoms with van der Waals surface area (Å²) in [6.45, 7) is 7.95. The Balaban J connectivity index is 1.90. The Morgan fingerprint density at radius 1 is 1.40 bits per heavy atom. The molecule has 3 nitrogen and oxygen atoms in total. The van der Waals surface area contributed by atoms with Crippen LogP contribution in [0.25, 0.3) is 0 Å². The third-order valence-corrected chi connectivity index (χ3v) is 2.81. The molecule has 1 N–H and O–H groups in total. The van der Waals surface area contributed by atoms with E-state index in [1.54, 1.807) is 0 Å². The molecule has 1 fully saturated rings. The highest BCUT2D eigenvalue weighted by molar-refractivity contribution is 4.74. The minimum absolute atomic E-state index is 0.414. The number of hydrogen-bond acceptors (Lipinski definition) is 3. The molecule has 1 aliphatic rings. The molecular weight excluding hydrogens is 190 g/mol. The van der Waals surface area contributed by atoms with Crippen LogP contribution in [0.5, 0.6) is 0 Å². The summed E-state index contributed by atoms with van der Waals surface area (Å²) in [4.78, 5) is 0. The Morgan fingerprint density at radius 2 is 2.27 bits per heavy atom. The lowest BCUT2D eigenvalue weighted by Gasteiger charge is -2.28. The van der Waals surface area contributed by atoms with Crippen LogP contribution in [0.4, 0.5) is 0 Å². The van der Waals surface area contributed by atoms with Gasteiger partial charge in [-0.25, -0.2) is 0 Å². The van der Waals surface area contributed by atoms with Gasteiger partial charge in [-0.15, -0.1) is 0 Å². The minimum Gasteiger partial charge on any atom is -0.380 e. The molecule has 0 spiro atoms. The van der Waals surface area contributed by atoms with Gasteiger partial charge in [0.25, 0.3) is 0 Å². The number of ether oxygens (including phenoxy) is 2. The molecule has 2 unspecified atom stereocenters. The second kappa shape index (κ2) is 8.08. The molecule has 0 aromatic carbocycles. The first-order chi connectivity index (χ1) is 7.33. The van der Waals surface area contributed by atoms with Gasteiger partial charge in [-0.05, 0) is 26.2 Å². The van der Waals surface area contributed by atoms with Gasteiger partial charge in [-0.3, -0.25) is 0 Å². The molecule has 0 aromatic rings. The van der Waals surface area contributed by atoms with Crippen LogP contribution in [-0.2, 0) is 9.47 Å². The van der Waals surface area contributed by atoms with E-state index in [4.69, 9.17) is 9.47 Å². The van der Waals surface area contributed by atoms with Crippen molar-refractivity contribution in [3.05, 3.63) is 0 Å². The van der Waals surface area contributed by atoms with E-state index in [0.29, 0.717) is 12.1 Å². The molecule has 2 atom stereocenters. The van der Waals surface area contributed by atoms with Crippen LogP contribution in [0.15, 0.2) is 0 Å². The number of hydrogen-bond donors (Lipinski definition) is 1. The molecule has 0 bridgehead atoms. The fourth-order valence-electron chi connectivity index (χ4n) is 1.87. The molecule has 0 saturated carbocycles. The maximum Gasteiger partial charge on any atom is 0.0591 e. The number of rotatable bonds is 7. The van der Waals surface area contributed by atoms with Gasteiger partial charge in [0.2, 0.25) is 0 Å². The molecule has 1 heterocycles. The molecule has 1 saturated heterocycles. The summed E-state index contributed by atoms with van der Waals surface area (Å²) in [5, 5.41) is 3.52. The van der Waals surface area contributed by atoms with E-state index in [1.807, 2.05) is 0 Å². The third-order valence-electron chi connectivity index (χ3n) is 2.81. The molecule has 0 radical (unpaired) electrons. The Bertz CT molecular complexity index is 153. The van der Waals surface area contributed by atoms with Crippen molar-refractivity contribution < 1.29 is 9.47 Å². The zero-order valence-electron chi connectivity index (χ0n) is 10.1. The van der Waals surface area contributed by atoms with Gasteiger partial charge < -0.3 is 14.8 Å². The van der Waals surface area contributed by atoms with Crippen molar-refractivity contribution in [2.24, 2.45) is 0 Å². The molecule has 15 heavy (non-hydrogen) atoms. The van der Waals surface area contributed by atoms with E-state index in [9.17, 15) is 0 Å². The van der Waals surface area contributed by atoms with Gasteiger partial charge in [0.15, 0.2) is 0 Å². The quantitative estimate of drug-likeness (QED) is 0.659. The van der Waals surface area contributed by atoms with E-state index >= 15 is 0 Å². The van der Waals surface area contributed by atoms with Gasteiger partial charge in [0, 0.05) is 25.8 Å². The predicted molar refractivity (Wildman–Crippen MR) is 62.2 cm³/mol. The Hall–Kier alpha value is -0.120. The maximum atomic E-state index is 5.50. The topological polar surface area (TPSA) is 30.5 Å². The van der Waals surface area contributed by atoms with Crippen LogP contribution in [0.1, 0.15) is 39.5 Å². The van der Waals surface area contributed by atoms with Gasteiger partial charge in [-0.2, -0.15) is 0 Å². The molecule has 0 amide bonds. The summed E-state index contributed by atoms with van der Waals surface area (Å²) in [6.07, 6.45) is 5.07. The number of nitrogens with one attached hydrogen (secondary N) is 1. The van der Waals surface area contributed by atoms with Crippen molar-refractivity contribution in [2.45, 2.75) is 51.7 Å². The third kappa shape index (κ3) is 6.13. The molecular formula is C12H25NO2. The van der Waals surface area contributed by atoms with Crippen LogP contribution < -0.4 is 5.32 Å². The lowest BCUT2D eigenvalue weighted by atomic mass is 10.0. The largest absolute Gasteiger partial charge is 0.380 e. The molecule has 1 rings (SSSR count). The highest BCUT2D eigenvalue weighted by Gasteiger charge is 2.17. The van der Waals surface area contributed by atoms with E-state index < -0.39 is 0 Å². The summed E-state index contributed by atoms with van der Waals surface area (Å²) in [7, 11) is 0. The highest BCUT2D eigenvalue weighted by Crippen LogP contribution is 2.12. The van der Waals surface area contributed by atoms with Crippen molar-refractivity contribution in [3.8, 4) is 0 Å². The monoisotopic (exact) mass is 215 g/mol. The van der Waals surface area contributed by atoms with Crippen molar-refractivity contribution in [1.29, 1.82) is 0 Å². The standard InChI is InChI=1S/C12H25NO2/c1-3-4-7-14-9-6-13-12-5-8-15-11(2)10-12/h11-13H,3-10H2,1-2H3. The van der Waals surface area contributed by atoms with Gasteiger partial charge >= 0.3 is 0 Å². The molecule has 0 aliphatic carbocycles. The average Bonchev–Trinajstić information content (AvgIpc) is 2.23. The molecule has 3 heteroatoms. The van der Waals surface area contributed by atoms with Crippen LogP contribution >= 0.6 is 0 Å². The van der Waals surface area contributed by atoms with E-state index in [2.05, 4.69) is 19.2 Å². The predicted octanol–water partition coefficient (Wildman–Crippen LogP) is 1.96. The number of unbranched alkanes of at least 4 members (excludes halogenated alkanes) is 1. The SMILES string of the molecule is CCCCOCCNC1CCOC(C)C1.